The number of anilines is 1. The van der Waals surface area contributed by atoms with Crippen LogP contribution in [0.25, 0.3) is 23.0 Å². The SMILES string of the molecule is Cc1ccc(-c2cn3nc(C=CC(=O)NO)ccc3n2)cc1NC(=O)C(C)(C)C. The van der Waals surface area contributed by atoms with Crippen molar-refractivity contribution in [2.75, 3.05) is 5.32 Å². The molecule has 3 N–H and O–H groups in total. The van der Waals surface area contributed by atoms with Crippen molar-refractivity contribution in [3.8, 4) is 11.3 Å². The second kappa shape index (κ2) is 7.84. The van der Waals surface area contributed by atoms with E-state index in [1.54, 1.807) is 22.8 Å². The van der Waals surface area contributed by atoms with E-state index >= 15 is 0 Å². The number of amides is 2. The van der Waals surface area contributed by atoms with Crippen LogP contribution in [-0.2, 0) is 9.59 Å². The minimum Gasteiger partial charge on any atom is -0.325 e. The number of aromatic nitrogens is 3. The predicted octanol–water partition coefficient (Wildman–Crippen LogP) is 3.21. The topological polar surface area (TPSA) is 109 Å². The molecule has 8 heteroatoms. The summed E-state index contributed by atoms with van der Waals surface area (Å²) in [5.74, 6) is -0.694. The third-order valence-electron chi connectivity index (χ3n) is 4.32. The van der Waals surface area contributed by atoms with Gasteiger partial charge in [0.15, 0.2) is 5.65 Å². The Kier molecular flexibility index (Phi) is 5.47. The molecule has 0 bridgehead atoms. The number of hydroxylamine groups is 1. The van der Waals surface area contributed by atoms with Crippen molar-refractivity contribution >= 4 is 29.2 Å². The quantitative estimate of drug-likeness (QED) is 0.358. The van der Waals surface area contributed by atoms with E-state index in [0.717, 1.165) is 16.8 Å². The molecule has 8 nitrogen and oxygen atoms in total. The van der Waals surface area contributed by atoms with Gasteiger partial charge in [-0.15, -0.1) is 0 Å². The Labute approximate surface area is 168 Å². The van der Waals surface area contributed by atoms with E-state index in [4.69, 9.17) is 5.21 Å². The molecule has 3 rings (SSSR count). The van der Waals surface area contributed by atoms with Crippen molar-refractivity contribution in [2.24, 2.45) is 5.41 Å². The van der Waals surface area contributed by atoms with Crippen molar-refractivity contribution in [2.45, 2.75) is 27.7 Å². The number of carbonyl (C=O) groups is 2. The maximum atomic E-state index is 12.4. The number of carbonyl (C=O) groups excluding carboxylic acids is 2. The molecular weight excluding hydrogens is 370 g/mol. The number of fused-ring (bicyclic) bond motifs is 1. The van der Waals surface area contributed by atoms with Gasteiger partial charge in [0.05, 0.1) is 17.6 Å². The van der Waals surface area contributed by atoms with Gasteiger partial charge in [0.25, 0.3) is 5.91 Å². The van der Waals surface area contributed by atoms with Gasteiger partial charge >= 0.3 is 0 Å². The Balaban J connectivity index is 1.92. The van der Waals surface area contributed by atoms with Gasteiger partial charge in [-0.25, -0.2) is 15.0 Å². The molecule has 0 saturated carbocycles. The van der Waals surface area contributed by atoms with Crippen LogP contribution in [0, 0.1) is 12.3 Å². The van der Waals surface area contributed by atoms with Crippen LogP contribution in [0.2, 0.25) is 0 Å². The van der Waals surface area contributed by atoms with E-state index in [1.807, 2.05) is 45.9 Å². The molecule has 150 valence electrons. The molecule has 2 amide bonds. The molecule has 0 unspecified atom stereocenters. The average molecular weight is 393 g/mol. The average Bonchev–Trinajstić information content (AvgIpc) is 3.10. The number of aryl methyl sites for hydroxylation is 1. The summed E-state index contributed by atoms with van der Waals surface area (Å²) in [7, 11) is 0. The number of benzene rings is 1. The predicted molar refractivity (Wildman–Crippen MR) is 110 cm³/mol. The van der Waals surface area contributed by atoms with E-state index in [-0.39, 0.29) is 5.91 Å². The Hall–Kier alpha value is -3.52. The van der Waals surface area contributed by atoms with E-state index < -0.39 is 11.3 Å². The number of hydrogen-bond donors (Lipinski definition) is 3. The van der Waals surface area contributed by atoms with E-state index in [2.05, 4.69) is 15.4 Å². The normalized spacial score (nSPS) is 11.8. The standard InChI is InChI=1S/C21H23N5O3/c1-13-5-6-14(11-16(13)23-20(28)21(2,3)4)17-12-26-18(22-17)9-7-15(24-26)8-10-19(27)25-29/h5-12,29H,1-4H3,(H,23,28)(H,25,27). The van der Waals surface area contributed by atoms with Crippen LogP contribution in [0.1, 0.15) is 32.0 Å². The van der Waals surface area contributed by atoms with Crippen molar-refractivity contribution in [3.05, 3.63) is 53.9 Å². The molecule has 0 aliphatic heterocycles. The summed E-state index contributed by atoms with van der Waals surface area (Å²) < 4.78 is 1.61. The minimum atomic E-state index is -0.636. The number of nitrogens with zero attached hydrogens (tertiary/aromatic N) is 3. The summed E-state index contributed by atoms with van der Waals surface area (Å²) in [5, 5.41) is 15.9. The molecule has 2 heterocycles. The molecule has 0 fully saturated rings. The molecule has 2 aromatic heterocycles. The van der Waals surface area contributed by atoms with E-state index in [0.29, 0.717) is 17.0 Å². The molecule has 1 aromatic carbocycles. The summed E-state index contributed by atoms with van der Waals surface area (Å²) in [6.45, 7) is 7.54. The fourth-order valence-electron chi connectivity index (χ4n) is 2.55. The molecular formula is C21H23N5O3. The molecule has 0 atom stereocenters. The molecule has 0 aliphatic rings. The van der Waals surface area contributed by atoms with Crippen molar-refractivity contribution in [3.63, 3.8) is 0 Å². The lowest BCUT2D eigenvalue weighted by atomic mass is 9.95. The first kappa shape index (κ1) is 20.2. The lowest BCUT2D eigenvalue weighted by Crippen LogP contribution is -2.27. The molecule has 0 aliphatic carbocycles. The third-order valence-corrected chi connectivity index (χ3v) is 4.32. The van der Waals surface area contributed by atoms with Gasteiger partial charge in [0, 0.05) is 22.7 Å². The lowest BCUT2D eigenvalue weighted by Gasteiger charge is -2.19. The first-order valence-corrected chi connectivity index (χ1v) is 9.08. The minimum absolute atomic E-state index is 0.0576. The number of hydrogen-bond acceptors (Lipinski definition) is 5. The smallest absolute Gasteiger partial charge is 0.267 e. The highest BCUT2D eigenvalue weighted by Crippen LogP contribution is 2.27. The van der Waals surface area contributed by atoms with Crippen molar-refractivity contribution in [1.82, 2.24) is 20.1 Å². The third kappa shape index (κ3) is 4.67. The van der Waals surface area contributed by atoms with Crippen LogP contribution >= 0.6 is 0 Å². The second-order valence-electron chi connectivity index (χ2n) is 7.73. The zero-order valence-corrected chi connectivity index (χ0v) is 16.7. The Morgan fingerprint density at radius 1 is 1.17 bits per heavy atom. The maximum absolute atomic E-state index is 12.4. The fourth-order valence-corrected chi connectivity index (χ4v) is 2.55. The zero-order chi connectivity index (χ0) is 21.2. The first-order valence-electron chi connectivity index (χ1n) is 9.08. The highest BCUT2D eigenvalue weighted by atomic mass is 16.5. The van der Waals surface area contributed by atoms with E-state index in [9.17, 15) is 9.59 Å². The number of rotatable bonds is 4. The molecule has 0 spiro atoms. The monoisotopic (exact) mass is 393 g/mol. The molecule has 0 radical (unpaired) electrons. The van der Waals surface area contributed by atoms with Gasteiger partial charge in [0.1, 0.15) is 0 Å². The highest BCUT2D eigenvalue weighted by molar-refractivity contribution is 5.95. The van der Waals surface area contributed by atoms with Crippen LogP contribution in [0.5, 0.6) is 0 Å². The summed E-state index contributed by atoms with van der Waals surface area (Å²) in [6, 6.07) is 9.27. The van der Waals surface area contributed by atoms with Crippen LogP contribution in [0.15, 0.2) is 42.6 Å². The van der Waals surface area contributed by atoms with Crippen LogP contribution in [0.4, 0.5) is 5.69 Å². The van der Waals surface area contributed by atoms with E-state index in [1.165, 1.54) is 17.6 Å². The zero-order valence-electron chi connectivity index (χ0n) is 16.7. The molecule has 3 aromatic rings. The summed E-state index contributed by atoms with van der Waals surface area (Å²) in [4.78, 5) is 28.0. The maximum Gasteiger partial charge on any atom is 0.267 e. The molecule has 0 saturated heterocycles. The van der Waals surface area contributed by atoms with Gasteiger partial charge in [-0.05, 0) is 36.8 Å². The van der Waals surface area contributed by atoms with Gasteiger partial charge in [-0.2, -0.15) is 5.10 Å². The Bertz CT molecular complexity index is 1110. The Morgan fingerprint density at radius 2 is 1.93 bits per heavy atom. The van der Waals surface area contributed by atoms with Gasteiger partial charge in [-0.1, -0.05) is 32.9 Å². The molecule has 29 heavy (non-hydrogen) atoms. The largest absolute Gasteiger partial charge is 0.325 e. The van der Waals surface area contributed by atoms with Gasteiger partial charge in [0.2, 0.25) is 5.91 Å². The summed E-state index contributed by atoms with van der Waals surface area (Å²) in [6.07, 6.45) is 4.44. The lowest BCUT2D eigenvalue weighted by molar-refractivity contribution is -0.124. The van der Waals surface area contributed by atoms with Crippen LogP contribution in [-0.4, -0.2) is 31.6 Å². The van der Waals surface area contributed by atoms with Gasteiger partial charge in [-0.3, -0.25) is 14.8 Å². The second-order valence-corrected chi connectivity index (χ2v) is 7.73. The fraction of sp³-hybridized carbons (Fsp3) is 0.238. The summed E-state index contributed by atoms with van der Waals surface area (Å²) in [5.41, 5.74) is 5.47. The van der Waals surface area contributed by atoms with Crippen molar-refractivity contribution in [1.29, 1.82) is 0 Å². The van der Waals surface area contributed by atoms with Crippen LogP contribution in [0.3, 0.4) is 0 Å². The van der Waals surface area contributed by atoms with Crippen LogP contribution < -0.4 is 10.8 Å². The summed E-state index contributed by atoms with van der Waals surface area (Å²) >= 11 is 0. The van der Waals surface area contributed by atoms with Gasteiger partial charge < -0.3 is 5.32 Å². The highest BCUT2D eigenvalue weighted by Gasteiger charge is 2.22. The number of imidazole rings is 1. The Morgan fingerprint density at radius 3 is 2.62 bits per heavy atom. The van der Waals surface area contributed by atoms with Crippen molar-refractivity contribution < 1.29 is 14.8 Å². The first-order chi connectivity index (χ1) is 13.7. The number of nitrogens with one attached hydrogen (secondary N) is 2.